The quantitative estimate of drug-likeness (QED) is 0.298. The van der Waals surface area contributed by atoms with E-state index in [1.807, 2.05) is 21.0 Å². The predicted octanol–water partition coefficient (Wildman–Crippen LogP) is 0.190. The van der Waals surface area contributed by atoms with Crippen molar-refractivity contribution in [3.63, 3.8) is 0 Å². The van der Waals surface area contributed by atoms with Crippen molar-refractivity contribution in [1.82, 2.24) is 9.91 Å². The molecule has 0 saturated heterocycles. The molecule has 0 rings (SSSR count). The molecule has 5 nitrogen and oxygen atoms in total. The van der Waals surface area contributed by atoms with Crippen molar-refractivity contribution in [2.75, 3.05) is 34.2 Å². The van der Waals surface area contributed by atoms with Gasteiger partial charge in [0.1, 0.15) is 12.2 Å². The van der Waals surface area contributed by atoms with Gasteiger partial charge in [0, 0.05) is 13.6 Å². The molecule has 0 aliphatic rings. The third-order valence-corrected chi connectivity index (χ3v) is 1.78. The molecule has 0 radical (unpaired) electrons. The van der Waals surface area contributed by atoms with E-state index in [9.17, 15) is 0 Å². The second-order valence-corrected chi connectivity index (χ2v) is 3.40. The first kappa shape index (κ1) is 13.1. The average molecular weight is 199 g/mol. The van der Waals surface area contributed by atoms with Gasteiger partial charge in [0.25, 0.3) is 0 Å². The van der Waals surface area contributed by atoms with Gasteiger partial charge in [0.05, 0.1) is 0 Å². The van der Waals surface area contributed by atoms with E-state index < -0.39 is 0 Å². The third-order valence-electron chi connectivity index (χ3n) is 1.78. The smallest absolute Gasteiger partial charge is 0.117 e. The highest BCUT2D eigenvalue weighted by Crippen LogP contribution is 1.89. The minimum atomic E-state index is 0.786. The minimum Gasteiger partial charge on any atom is -0.309 e. The van der Waals surface area contributed by atoms with Crippen LogP contribution in [0.1, 0.15) is 13.3 Å². The van der Waals surface area contributed by atoms with Crippen LogP contribution in [0, 0.1) is 0 Å². The fraction of sp³-hybridized carbons (Fsp3) is 0.778. The van der Waals surface area contributed by atoms with Crippen LogP contribution >= 0.6 is 0 Å². The summed E-state index contributed by atoms with van der Waals surface area (Å²) in [6.07, 6.45) is 2.53. The van der Waals surface area contributed by atoms with E-state index in [4.69, 9.17) is 5.84 Å². The van der Waals surface area contributed by atoms with Crippen molar-refractivity contribution in [2.45, 2.75) is 13.3 Å². The van der Waals surface area contributed by atoms with Gasteiger partial charge in [-0.15, -0.1) is 0 Å². The zero-order valence-corrected chi connectivity index (χ0v) is 9.56. The first-order valence-corrected chi connectivity index (χ1v) is 4.70. The van der Waals surface area contributed by atoms with Crippen molar-refractivity contribution in [2.24, 2.45) is 15.8 Å². The number of hydrogen-bond acceptors (Lipinski definition) is 3. The molecular weight excluding hydrogens is 178 g/mol. The summed E-state index contributed by atoms with van der Waals surface area (Å²) in [5.74, 6) is 6.55. The summed E-state index contributed by atoms with van der Waals surface area (Å²) in [5.41, 5.74) is 0. The van der Waals surface area contributed by atoms with E-state index in [1.165, 1.54) is 6.34 Å². The molecule has 5 heteroatoms. The van der Waals surface area contributed by atoms with Crippen LogP contribution in [0.5, 0.6) is 0 Å². The molecule has 0 amide bonds. The van der Waals surface area contributed by atoms with E-state index in [2.05, 4.69) is 14.9 Å². The van der Waals surface area contributed by atoms with Gasteiger partial charge in [0.15, 0.2) is 0 Å². The lowest BCUT2D eigenvalue weighted by Gasteiger charge is -2.18. The zero-order chi connectivity index (χ0) is 11.0. The van der Waals surface area contributed by atoms with Crippen LogP contribution in [0.25, 0.3) is 0 Å². The van der Waals surface area contributed by atoms with Crippen LogP contribution < -0.4 is 5.84 Å². The zero-order valence-electron chi connectivity index (χ0n) is 9.56. The normalized spacial score (nSPS) is 12.9. The Balaban J connectivity index is 3.78. The van der Waals surface area contributed by atoms with Gasteiger partial charge in [0.2, 0.25) is 0 Å². The van der Waals surface area contributed by atoms with Gasteiger partial charge < -0.3 is 4.90 Å². The maximum absolute atomic E-state index is 5.77. The molecule has 0 heterocycles. The van der Waals surface area contributed by atoms with Crippen LogP contribution in [0.2, 0.25) is 0 Å². The summed E-state index contributed by atoms with van der Waals surface area (Å²) in [6, 6.07) is 0. The summed E-state index contributed by atoms with van der Waals surface area (Å²) < 4.78 is 0. The van der Waals surface area contributed by atoms with E-state index >= 15 is 0 Å². The topological polar surface area (TPSA) is 57.2 Å². The second-order valence-electron chi connectivity index (χ2n) is 3.40. The van der Waals surface area contributed by atoms with E-state index in [-0.39, 0.29) is 0 Å². The molecular formula is C9H21N5. The Morgan fingerprint density at radius 3 is 2.50 bits per heavy atom. The Kier molecular flexibility index (Phi) is 6.96. The second kappa shape index (κ2) is 7.46. The molecule has 0 unspecified atom stereocenters. The average Bonchev–Trinajstić information content (AvgIpc) is 2.13. The lowest BCUT2D eigenvalue weighted by atomic mass is 10.4. The molecule has 0 aliphatic heterocycles. The summed E-state index contributed by atoms with van der Waals surface area (Å²) in [4.78, 5) is 9.95. The van der Waals surface area contributed by atoms with Gasteiger partial charge in [-0.1, -0.05) is 0 Å². The number of amidine groups is 1. The molecule has 0 aromatic carbocycles. The third kappa shape index (κ3) is 6.56. The Labute approximate surface area is 86.3 Å². The summed E-state index contributed by atoms with van der Waals surface area (Å²) >= 11 is 0. The molecule has 2 N–H and O–H groups in total. The predicted molar refractivity (Wildman–Crippen MR) is 61.6 cm³/mol. The van der Waals surface area contributed by atoms with E-state index in [1.54, 1.807) is 12.1 Å². The van der Waals surface area contributed by atoms with Gasteiger partial charge in [-0.05, 0) is 34.0 Å². The Morgan fingerprint density at radius 2 is 2.00 bits per heavy atom. The number of rotatable bonds is 5. The highest BCUT2D eigenvalue weighted by molar-refractivity contribution is 5.86. The van der Waals surface area contributed by atoms with Crippen molar-refractivity contribution in [1.29, 1.82) is 0 Å². The molecule has 0 bridgehead atoms. The van der Waals surface area contributed by atoms with Gasteiger partial charge >= 0.3 is 0 Å². The lowest BCUT2D eigenvalue weighted by Crippen LogP contribution is -2.37. The van der Waals surface area contributed by atoms with Crippen molar-refractivity contribution in [3.8, 4) is 0 Å². The van der Waals surface area contributed by atoms with Crippen molar-refractivity contribution in [3.05, 3.63) is 0 Å². The van der Waals surface area contributed by atoms with Gasteiger partial charge in [-0.25, -0.2) is 10.8 Å². The number of nitrogens with zero attached hydrogens (tertiary/aromatic N) is 4. The minimum absolute atomic E-state index is 0.786. The summed E-state index contributed by atoms with van der Waals surface area (Å²) in [7, 11) is 5.78. The molecule has 0 fully saturated rings. The first-order valence-electron chi connectivity index (χ1n) is 4.70. The maximum Gasteiger partial charge on any atom is 0.117 e. The molecule has 0 saturated carbocycles. The fourth-order valence-electron chi connectivity index (χ4n) is 0.935. The monoisotopic (exact) mass is 199 g/mol. The SMILES string of the molecule is CN=CN=C(C)N(N)CCCN(C)C. The van der Waals surface area contributed by atoms with Crippen molar-refractivity contribution >= 4 is 12.2 Å². The molecule has 0 aromatic rings. The molecule has 0 aromatic heterocycles. The number of hydrogen-bond donors (Lipinski definition) is 1. The van der Waals surface area contributed by atoms with Gasteiger partial charge in [-0.2, -0.15) is 0 Å². The molecule has 0 atom stereocenters. The standard InChI is InChI=1S/C9H21N5/c1-9(12-8-11-2)14(10)7-5-6-13(3)4/h8H,5-7,10H2,1-4H3. The van der Waals surface area contributed by atoms with Crippen LogP contribution in [-0.2, 0) is 0 Å². The summed E-state index contributed by atoms with van der Waals surface area (Å²) in [5, 5.41) is 1.64. The van der Waals surface area contributed by atoms with Crippen LogP contribution in [0.3, 0.4) is 0 Å². The molecule has 14 heavy (non-hydrogen) atoms. The Bertz CT molecular complexity index is 197. The lowest BCUT2D eigenvalue weighted by molar-refractivity contribution is 0.352. The molecule has 0 spiro atoms. The van der Waals surface area contributed by atoms with E-state index in [0.717, 1.165) is 25.3 Å². The first-order chi connectivity index (χ1) is 6.57. The molecule has 82 valence electrons. The van der Waals surface area contributed by atoms with E-state index in [0.29, 0.717) is 0 Å². The molecule has 0 aliphatic carbocycles. The van der Waals surface area contributed by atoms with Crippen LogP contribution in [-0.4, -0.2) is 56.3 Å². The number of nitrogens with two attached hydrogens (primary N) is 1. The Morgan fingerprint density at radius 1 is 1.36 bits per heavy atom. The highest BCUT2D eigenvalue weighted by atomic mass is 15.4. The van der Waals surface area contributed by atoms with Gasteiger partial charge in [-0.3, -0.25) is 10.0 Å². The number of hydrazine groups is 1. The van der Waals surface area contributed by atoms with Crippen LogP contribution in [0.4, 0.5) is 0 Å². The van der Waals surface area contributed by atoms with Crippen molar-refractivity contribution < 1.29 is 0 Å². The largest absolute Gasteiger partial charge is 0.309 e. The summed E-state index contributed by atoms with van der Waals surface area (Å²) in [6.45, 7) is 3.71. The Hall–Kier alpha value is -0.940. The fourth-order valence-corrected chi connectivity index (χ4v) is 0.935. The highest BCUT2D eigenvalue weighted by Gasteiger charge is 2.00. The van der Waals surface area contributed by atoms with Crippen LogP contribution in [0.15, 0.2) is 9.98 Å². The maximum atomic E-state index is 5.77. The number of aliphatic imine (C=N–C) groups is 2.